The van der Waals surface area contributed by atoms with Gasteiger partial charge in [0.05, 0.1) is 55.1 Å². The van der Waals surface area contributed by atoms with E-state index in [1.807, 2.05) is 102 Å². The predicted octanol–water partition coefficient (Wildman–Crippen LogP) is 15.7. The van der Waals surface area contributed by atoms with Crippen LogP contribution in [0.5, 0.6) is 0 Å². The van der Waals surface area contributed by atoms with Crippen LogP contribution >= 0.6 is 103 Å². The van der Waals surface area contributed by atoms with E-state index in [9.17, 15) is 37.5 Å². The van der Waals surface area contributed by atoms with E-state index in [1.54, 1.807) is 19.2 Å². The largest absolute Gasteiger partial charge is 0.481 e. The molecule has 6 aliphatic rings. The van der Waals surface area contributed by atoms with Crippen LogP contribution in [0.4, 0.5) is 8.78 Å². The molecule has 0 saturated carbocycles. The lowest BCUT2D eigenvalue weighted by molar-refractivity contribution is -0.157. The van der Waals surface area contributed by atoms with Gasteiger partial charge in [0.2, 0.25) is 0 Å². The normalized spacial score (nSPS) is 18.0. The van der Waals surface area contributed by atoms with Crippen LogP contribution in [0.3, 0.4) is 0 Å². The molecule has 28 nitrogen and oxygen atoms in total. The fourth-order valence-electron chi connectivity index (χ4n) is 14.1. The number of ether oxygens (including phenoxy) is 4. The summed E-state index contributed by atoms with van der Waals surface area (Å²) in [6.07, 6.45) is 21.7. The number of benzene rings is 2. The zero-order valence-corrected chi connectivity index (χ0v) is 76.1. The summed E-state index contributed by atoms with van der Waals surface area (Å²) in [5.41, 5.74) is 9.90. The smallest absolute Gasteiger partial charge is 0.354 e. The third-order valence-corrected chi connectivity index (χ3v) is 23.7. The van der Waals surface area contributed by atoms with Gasteiger partial charge in [-0.1, -0.05) is 24.3 Å². The molecule has 630 valence electrons. The number of rotatable bonds is 11. The average molecular weight is 1980 g/mol. The zero-order valence-electron chi connectivity index (χ0n) is 66.5. The molecular weight excluding hydrogens is 1880 g/mol. The Morgan fingerprint density at radius 1 is 0.547 bits per heavy atom. The van der Waals surface area contributed by atoms with Gasteiger partial charge in [0, 0.05) is 157 Å². The molecule has 0 radical (unpaired) electrons. The number of aliphatic carboxylic acids is 1. The lowest BCUT2D eigenvalue weighted by Gasteiger charge is -2.25. The van der Waals surface area contributed by atoms with Gasteiger partial charge in [-0.2, -0.15) is 5.10 Å². The Balaban J connectivity index is 0.000000157. The Hall–Kier alpha value is -8.13. The summed E-state index contributed by atoms with van der Waals surface area (Å²) in [5, 5.41) is 24.3. The van der Waals surface area contributed by atoms with E-state index in [0.717, 1.165) is 177 Å². The quantitative estimate of drug-likeness (QED) is 0.0800. The van der Waals surface area contributed by atoms with Gasteiger partial charge in [-0.05, 0) is 203 Å². The van der Waals surface area contributed by atoms with Crippen molar-refractivity contribution in [2.45, 2.75) is 195 Å². The molecule has 4 N–H and O–H groups in total. The molecule has 0 amide bonds. The van der Waals surface area contributed by atoms with Crippen LogP contribution in [0.1, 0.15) is 144 Å². The lowest BCUT2D eigenvalue weighted by atomic mass is 9.94. The van der Waals surface area contributed by atoms with Gasteiger partial charge in [0.15, 0.2) is 5.69 Å². The monoisotopic (exact) mass is 1970 g/mol. The van der Waals surface area contributed by atoms with Crippen molar-refractivity contribution in [3.05, 3.63) is 172 Å². The summed E-state index contributed by atoms with van der Waals surface area (Å²) in [6, 6.07) is 13.2. The molecule has 6 aliphatic heterocycles. The van der Waals surface area contributed by atoms with Gasteiger partial charge in [-0.15, -0.1) is 23.7 Å². The maximum absolute atomic E-state index is 13.4. The number of nitrogens with two attached hydrogens (primary N) is 1. The first-order valence-corrected chi connectivity index (χ1v) is 42.7. The van der Waals surface area contributed by atoms with Gasteiger partial charge in [-0.3, -0.25) is 28.7 Å². The molecule has 117 heavy (non-hydrogen) atoms. The summed E-state index contributed by atoms with van der Waals surface area (Å²) in [6.45, 7) is 18.3. The number of carbonyl (C=O) groups is 6. The van der Waals surface area contributed by atoms with Crippen molar-refractivity contribution in [3.63, 3.8) is 0 Å². The van der Waals surface area contributed by atoms with Crippen LogP contribution in [0.15, 0.2) is 114 Å². The molecule has 0 fully saturated rings. The van der Waals surface area contributed by atoms with E-state index in [1.165, 1.54) is 60.7 Å². The van der Waals surface area contributed by atoms with E-state index in [2.05, 4.69) is 142 Å². The minimum atomic E-state index is -0.988. The van der Waals surface area contributed by atoms with Crippen molar-refractivity contribution in [2.75, 3.05) is 14.2 Å². The number of imidazole rings is 6. The van der Waals surface area contributed by atoms with Crippen LogP contribution in [0, 0.1) is 48.1 Å². The maximum Gasteiger partial charge on any atom is 0.354 e. The summed E-state index contributed by atoms with van der Waals surface area (Å²) in [4.78, 5) is 98.9. The number of aromatic carboxylic acids is 1. The molecule has 6 atom stereocenters. The van der Waals surface area contributed by atoms with Crippen molar-refractivity contribution < 1.29 is 66.7 Å². The second-order valence-corrected chi connectivity index (χ2v) is 35.7. The Bertz CT molecular complexity index is 5120. The molecule has 0 saturated heterocycles. The molecule has 0 bridgehead atoms. The number of nitrogens with zero attached hydrogens (tertiary/aromatic N) is 15. The molecule has 10 aromatic rings. The Kier molecular flexibility index (Phi) is 33.1. The number of hydrogen-bond acceptors (Lipinski definition) is 20. The van der Waals surface area contributed by atoms with Gasteiger partial charge < -0.3 is 62.3 Å². The maximum atomic E-state index is 13.4. The van der Waals surface area contributed by atoms with E-state index in [-0.39, 0.29) is 83.3 Å². The number of methoxy groups -OCH3 is 2. The summed E-state index contributed by atoms with van der Waals surface area (Å²) in [7, 11) is 4.46. The van der Waals surface area contributed by atoms with Gasteiger partial charge in [-0.25, -0.2) is 48.5 Å². The molecule has 14 heterocycles. The summed E-state index contributed by atoms with van der Waals surface area (Å²) >= 11 is 18.2. The van der Waals surface area contributed by atoms with E-state index in [4.69, 9.17) is 34.9 Å². The molecule has 16 rings (SSSR count). The molecule has 2 aromatic carbocycles. The number of fused-ring (bicyclic) bond motifs is 6. The second kappa shape index (κ2) is 41.7. The van der Waals surface area contributed by atoms with E-state index in [0.29, 0.717) is 55.0 Å². The number of carboxylic acids is 2. The molecule has 37 heteroatoms. The van der Waals surface area contributed by atoms with Gasteiger partial charge in [0.1, 0.15) is 85.8 Å². The van der Waals surface area contributed by atoms with Crippen LogP contribution < -0.4 is 5.73 Å². The van der Waals surface area contributed by atoms with Crippen LogP contribution in [0.2, 0.25) is 0 Å². The van der Waals surface area contributed by atoms with Crippen LogP contribution in [0.25, 0.3) is 33.1 Å². The zero-order chi connectivity index (χ0) is 84.0. The summed E-state index contributed by atoms with van der Waals surface area (Å²) in [5.74, 6) is 3.29. The van der Waals surface area contributed by atoms with Crippen LogP contribution in [-0.2, 0) is 128 Å². The fraction of sp³-hybridized carbons (Fsp3) is 0.475. The fourth-order valence-corrected chi connectivity index (χ4v) is 17.1. The molecule has 0 aliphatic carbocycles. The van der Waals surface area contributed by atoms with Crippen molar-refractivity contribution in [2.24, 2.45) is 42.4 Å². The highest BCUT2D eigenvalue weighted by molar-refractivity contribution is 9.13. The Morgan fingerprint density at radius 3 is 1.41 bits per heavy atom. The standard InChI is InChI=1S/C19H23FN2O2.C13H19BrN2O2.C13H14FN3.C9H10Br2N2O2.C9H11BrN2O2.C9H9N3O2S.C8H9BrN2O2.ClH/c1-19(2,3)24-18(23)10-13-7-8-22-12-16(21-17(22)9-13)14-5-4-6-15(20)11-14;1-13(2,3)18-12(17)7-9-4-5-16-8-10(14)15-11(16)6-9;14-10-3-1-2-9(6-10)12-8-17-5-4-11(15)7-13(17)16-12;1-15-9(14)5-2-3-13-6(4-5)12-7(10)8(13)11;1-14-9(13)6-2-3-12-5-7(10)11-8(12)4-6;1-5-4-15-8(11-5)6-3-10-12(2)7(6)9(13)14;9-6-4-11-2-1-5(8(12)13)3-7(11)10-6;/h4-6,11-13H,7-10H2,1-3H3;8-9H,4-7H2,1-3H3;1-3,6,8,11H,4-5,7,15H2;5H,2-4H2,1H3;5-6H,2-4H2,1H3;3-4H,1-2H3,(H,13,14);4-5H,1-3H2,(H,12,13);1H. The first kappa shape index (κ1) is 92.7. The number of aryl methyl sites for hydroxylation is 7. The number of hydrogen-bond donors (Lipinski definition) is 3. The highest BCUT2D eigenvalue weighted by Crippen LogP contribution is 2.34. The summed E-state index contributed by atoms with van der Waals surface area (Å²) < 4.78 is 64.9. The molecule has 0 spiro atoms. The second-order valence-electron chi connectivity index (χ2n) is 30.9. The minimum Gasteiger partial charge on any atom is -0.481 e. The molecule has 8 aromatic heterocycles. The Morgan fingerprint density at radius 2 is 0.966 bits per heavy atom. The molecule has 6 unspecified atom stereocenters. The van der Waals surface area contributed by atoms with E-state index < -0.39 is 23.1 Å². The minimum absolute atomic E-state index is 0. The average Bonchev–Trinajstić information content (AvgIpc) is 1.68. The predicted molar refractivity (Wildman–Crippen MR) is 454 cm³/mol. The lowest BCUT2D eigenvalue weighted by Crippen LogP contribution is -2.30. The number of esters is 4. The third kappa shape index (κ3) is 26.4. The highest BCUT2D eigenvalue weighted by atomic mass is 79.9. The third-order valence-electron chi connectivity index (χ3n) is 19.7. The number of aromatic nitrogens is 15. The van der Waals surface area contributed by atoms with Gasteiger partial charge >= 0.3 is 35.8 Å². The number of carbonyl (C=O) groups excluding carboxylic acids is 4. The number of thiazole rings is 1. The first-order valence-electron chi connectivity index (χ1n) is 37.9. The number of halogens is 8. The molecular formula is C80H96Br5ClF2N16O12S. The van der Waals surface area contributed by atoms with Crippen molar-refractivity contribution in [3.8, 4) is 33.1 Å². The van der Waals surface area contributed by atoms with Crippen LogP contribution in [-0.4, -0.2) is 150 Å². The van der Waals surface area contributed by atoms with Gasteiger partial charge in [0.25, 0.3) is 0 Å². The van der Waals surface area contributed by atoms with Crippen molar-refractivity contribution >= 4 is 139 Å². The van der Waals surface area contributed by atoms with Crippen molar-refractivity contribution in [1.82, 2.24) is 72.1 Å². The Labute approximate surface area is 728 Å². The highest BCUT2D eigenvalue weighted by Gasteiger charge is 2.33. The van der Waals surface area contributed by atoms with Crippen molar-refractivity contribution in [1.29, 1.82) is 0 Å². The topological polar surface area (TPSA) is 343 Å². The first-order chi connectivity index (χ1) is 54.9. The SMILES string of the molecule is CC(C)(C)OC(=O)CC1CCn2cc(-c3cccc(F)c3)nc2C1.CC(C)(C)OC(=O)CC1CCn2cc(Br)nc2C1.COC(=O)C1CCn2c(nc(Br)c2Br)C1.COC(=O)C1CCn2cc(Br)nc2C1.Cc1csc(-c2cnn(C)c2C(=O)O)n1.Cl.NC1CCn2cc(-c3cccc(F)c3)nc2C1.O=C(O)C1CCn2cc(Br)nc2C1. The van der Waals surface area contributed by atoms with E-state index >= 15 is 0 Å². The number of carboxylic acid groups (broad SMARTS) is 2.